The third-order valence-corrected chi connectivity index (χ3v) is 3.06. The fourth-order valence-electron chi connectivity index (χ4n) is 2.10. The summed E-state index contributed by atoms with van der Waals surface area (Å²) in [6.45, 7) is 0. The van der Waals surface area contributed by atoms with E-state index in [1.165, 1.54) is 12.5 Å². The van der Waals surface area contributed by atoms with Crippen molar-refractivity contribution in [3.05, 3.63) is 23.8 Å². The van der Waals surface area contributed by atoms with Crippen molar-refractivity contribution >= 4 is 11.9 Å². The third-order valence-electron chi connectivity index (χ3n) is 3.06. The summed E-state index contributed by atoms with van der Waals surface area (Å²) in [5.74, 6) is -1.49. The quantitative estimate of drug-likeness (QED) is 0.840. The van der Waals surface area contributed by atoms with Crippen LogP contribution in [0.1, 0.15) is 53.1 Å². The molecular formula is C12H15N3O3. The number of nitrogens with one attached hydrogen (secondary N) is 1. The molecule has 0 bridgehead atoms. The highest BCUT2D eigenvalue weighted by Gasteiger charge is 2.18. The third kappa shape index (κ3) is 3.03. The number of amides is 1. The number of hydrogen-bond acceptors (Lipinski definition) is 4. The Bertz CT molecular complexity index is 456. The standard InChI is InChI=1S/C12H15N3O3/c16-11(15-8-4-2-1-3-5-8)9-6-10(12(17)18)14-7-13-9/h6-8H,1-5H2,(H,15,16)(H,17,18). The summed E-state index contributed by atoms with van der Waals surface area (Å²) in [6, 6.07) is 1.37. The minimum Gasteiger partial charge on any atom is -0.477 e. The molecule has 0 radical (unpaired) electrons. The van der Waals surface area contributed by atoms with E-state index in [0.717, 1.165) is 32.0 Å². The minimum atomic E-state index is -1.16. The molecule has 6 heteroatoms. The molecule has 1 amide bonds. The molecule has 96 valence electrons. The van der Waals surface area contributed by atoms with Gasteiger partial charge in [-0.15, -0.1) is 0 Å². The van der Waals surface area contributed by atoms with Gasteiger partial charge in [0, 0.05) is 12.1 Å². The van der Waals surface area contributed by atoms with Crippen LogP contribution >= 0.6 is 0 Å². The van der Waals surface area contributed by atoms with E-state index in [9.17, 15) is 9.59 Å². The van der Waals surface area contributed by atoms with Crippen LogP contribution in [-0.4, -0.2) is 33.0 Å². The zero-order chi connectivity index (χ0) is 13.0. The molecule has 0 unspecified atom stereocenters. The Hall–Kier alpha value is -1.98. The Balaban J connectivity index is 2.03. The van der Waals surface area contributed by atoms with E-state index < -0.39 is 5.97 Å². The maximum Gasteiger partial charge on any atom is 0.354 e. The van der Waals surface area contributed by atoms with Gasteiger partial charge >= 0.3 is 5.97 Å². The molecule has 0 aromatic carbocycles. The van der Waals surface area contributed by atoms with Gasteiger partial charge in [-0.2, -0.15) is 0 Å². The molecule has 1 fully saturated rings. The second-order valence-corrected chi connectivity index (χ2v) is 4.40. The van der Waals surface area contributed by atoms with Crippen molar-refractivity contribution in [3.8, 4) is 0 Å². The van der Waals surface area contributed by atoms with Gasteiger partial charge in [-0.3, -0.25) is 4.79 Å². The molecule has 1 aromatic heterocycles. The molecule has 1 aromatic rings. The van der Waals surface area contributed by atoms with Crippen molar-refractivity contribution < 1.29 is 14.7 Å². The van der Waals surface area contributed by atoms with Crippen LogP contribution < -0.4 is 5.32 Å². The Kier molecular flexibility index (Phi) is 3.86. The topological polar surface area (TPSA) is 92.2 Å². The average molecular weight is 249 g/mol. The van der Waals surface area contributed by atoms with Crippen molar-refractivity contribution in [2.75, 3.05) is 0 Å². The SMILES string of the molecule is O=C(O)c1cc(C(=O)NC2CCCCC2)ncn1. The van der Waals surface area contributed by atoms with Gasteiger partial charge in [0.25, 0.3) is 5.91 Å². The zero-order valence-electron chi connectivity index (χ0n) is 9.93. The number of nitrogens with zero attached hydrogens (tertiary/aromatic N) is 2. The number of carboxylic acid groups (broad SMARTS) is 1. The second-order valence-electron chi connectivity index (χ2n) is 4.40. The molecule has 1 aliphatic rings. The van der Waals surface area contributed by atoms with Gasteiger partial charge in [0.05, 0.1) is 0 Å². The summed E-state index contributed by atoms with van der Waals surface area (Å²) in [7, 11) is 0. The molecular weight excluding hydrogens is 234 g/mol. The molecule has 1 aliphatic carbocycles. The lowest BCUT2D eigenvalue weighted by Crippen LogP contribution is -2.36. The first-order valence-corrected chi connectivity index (χ1v) is 6.03. The molecule has 2 rings (SSSR count). The van der Waals surface area contributed by atoms with Crippen LogP contribution in [0.4, 0.5) is 0 Å². The Morgan fingerprint density at radius 1 is 1.17 bits per heavy atom. The normalized spacial score (nSPS) is 16.2. The maximum atomic E-state index is 11.9. The molecule has 0 aliphatic heterocycles. The first-order chi connectivity index (χ1) is 8.66. The number of carboxylic acids is 1. The number of aromatic carboxylic acids is 1. The number of carbonyl (C=O) groups excluding carboxylic acids is 1. The van der Waals surface area contributed by atoms with Crippen LogP contribution in [0.25, 0.3) is 0 Å². The number of carbonyl (C=O) groups is 2. The van der Waals surface area contributed by atoms with Crippen molar-refractivity contribution in [1.82, 2.24) is 15.3 Å². The molecule has 1 saturated carbocycles. The van der Waals surface area contributed by atoms with Gasteiger partial charge in [-0.1, -0.05) is 19.3 Å². The van der Waals surface area contributed by atoms with Crippen LogP contribution in [0.15, 0.2) is 12.4 Å². The molecule has 6 nitrogen and oxygen atoms in total. The predicted molar refractivity (Wildman–Crippen MR) is 63.3 cm³/mol. The highest BCUT2D eigenvalue weighted by atomic mass is 16.4. The highest BCUT2D eigenvalue weighted by molar-refractivity contribution is 5.95. The van der Waals surface area contributed by atoms with Crippen molar-refractivity contribution in [2.24, 2.45) is 0 Å². The summed E-state index contributed by atoms with van der Waals surface area (Å²) in [6.07, 6.45) is 6.50. The van der Waals surface area contributed by atoms with Gasteiger partial charge in [0.2, 0.25) is 0 Å². The fourth-order valence-corrected chi connectivity index (χ4v) is 2.10. The van der Waals surface area contributed by atoms with E-state index in [4.69, 9.17) is 5.11 Å². The van der Waals surface area contributed by atoms with Gasteiger partial charge in [0.1, 0.15) is 12.0 Å². The Morgan fingerprint density at radius 2 is 1.83 bits per heavy atom. The summed E-state index contributed by atoms with van der Waals surface area (Å²) in [5, 5.41) is 11.7. The summed E-state index contributed by atoms with van der Waals surface area (Å²) in [5.41, 5.74) is -0.0632. The van der Waals surface area contributed by atoms with Gasteiger partial charge in [-0.05, 0) is 12.8 Å². The first kappa shape index (κ1) is 12.5. The highest BCUT2D eigenvalue weighted by Crippen LogP contribution is 2.17. The lowest BCUT2D eigenvalue weighted by Gasteiger charge is -2.22. The average Bonchev–Trinajstić information content (AvgIpc) is 2.40. The van der Waals surface area contributed by atoms with E-state index >= 15 is 0 Å². The molecule has 0 spiro atoms. The van der Waals surface area contributed by atoms with Gasteiger partial charge < -0.3 is 10.4 Å². The molecule has 0 saturated heterocycles. The first-order valence-electron chi connectivity index (χ1n) is 6.03. The minimum absolute atomic E-state index is 0.105. The number of aromatic nitrogens is 2. The summed E-state index contributed by atoms with van der Waals surface area (Å²) in [4.78, 5) is 30.0. The van der Waals surface area contributed by atoms with Crippen molar-refractivity contribution in [3.63, 3.8) is 0 Å². The smallest absolute Gasteiger partial charge is 0.354 e. The summed E-state index contributed by atoms with van der Waals surface area (Å²) >= 11 is 0. The van der Waals surface area contributed by atoms with E-state index in [1.807, 2.05) is 0 Å². The molecule has 2 N–H and O–H groups in total. The largest absolute Gasteiger partial charge is 0.477 e. The molecule has 0 atom stereocenters. The Labute approximate surface area is 104 Å². The van der Waals surface area contributed by atoms with Gasteiger partial charge in [-0.25, -0.2) is 14.8 Å². The predicted octanol–water partition coefficient (Wildman–Crippen LogP) is 1.24. The number of rotatable bonds is 3. The van der Waals surface area contributed by atoms with Crippen molar-refractivity contribution in [1.29, 1.82) is 0 Å². The zero-order valence-corrected chi connectivity index (χ0v) is 9.93. The molecule has 18 heavy (non-hydrogen) atoms. The Morgan fingerprint density at radius 3 is 2.50 bits per heavy atom. The van der Waals surface area contributed by atoms with E-state index in [1.54, 1.807) is 0 Å². The lowest BCUT2D eigenvalue weighted by molar-refractivity contribution is 0.0690. The van der Waals surface area contributed by atoms with E-state index in [0.29, 0.717) is 0 Å². The van der Waals surface area contributed by atoms with Crippen molar-refractivity contribution in [2.45, 2.75) is 38.1 Å². The van der Waals surface area contributed by atoms with Crippen LogP contribution in [0, 0.1) is 0 Å². The maximum absolute atomic E-state index is 11.9. The van der Waals surface area contributed by atoms with Crippen LogP contribution in [-0.2, 0) is 0 Å². The van der Waals surface area contributed by atoms with Crippen LogP contribution in [0.2, 0.25) is 0 Å². The van der Waals surface area contributed by atoms with E-state index in [2.05, 4.69) is 15.3 Å². The van der Waals surface area contributed by atoms with Crippen LogP contribution in [0.3, 0.4) is 0 Å². The fraction of sp³-hybridized carbons (Fsp3) is 0.500. The number of hydrogen-bond donors (Lipinski definition) is 2. The van der Waals surface area contributed by atoms with Crippen LogP contribution in [0.5, 0.6) is 0 Å². The van der Waals surface area contributed by atoms with Gasteiger partial charge in [0.15, 0.2) is 5.69 Å². The lowest BCUT2D eigenvalue weighted by atomic mass is 9.95. The monoisotopic (exact) mass is 249 g/mol. The second kappa shape index (κ2) is 5.57. The summed E-state index contributed by atoms with van der Waals surface area (Å²) < 4.78 is 0. The van der Waals surface area contributed by atoms with E-state index in [-0.39, 0.29) is 23.3 Å². The molecule has 1 heterocycles.